The van der Waals surface area contributed by atoms with Gasteiger partial charge < -0.3 is 4.74 Å². The molecule has 1 aromatic rings. The fourth-order valence-corrected chi connectivity index (χ4v) is 3.36. The van der Waals surface area contributed by atoms with Crippen LogP contribution in [0.5, 0.6) is 0 Å². The zero-order valence-corrected chi connectivity index (χ0v) is 13.5. The van der Waals surface area contributed by atoms with E-state index in [4.69, 9.17) is 4.74 Å². The molecule has 2 heterocycles. The van der Waals surface area contributed by atoms with Crippen LogP contribution in [0.25, 0.3) is 0 Å². The fourth-order valence-electron chi connectivity index (χ4n) is 2.87. The summed E-state index contributed by atoms with van der Waals surface area (Å²) in [4.78, 5) is 12.8. The van der Waals surface area contributed by atoms with Crippen LogP contribution in [0.4, 0.5) is 0 Å². The molecule has 1 aliphatic heterocycles. The van der Waals surface area contributed by atoms with Gasteiger partial charge in [0, 0.05) is 6.54 Å². The van der Waals surface area contributed by atoms with Crippen LogP contribution in [-0.4, -0.2) is 27.8 Å². The van der Waals surface area contributed by atoms with Gasteiger partial charge in [-0.1, -0.05) is 13.8 Å². The van der Waals surface area contributed by atoms with Crippen molar-refractivity contribution < 1.29 is 9.53 Å². The van der Waals surface area contributed by atoms with Crippen LogP contribution in [0.15, 0.2) is 10.7 Å². The number of carbonyl (C=O) groups is 1. The van der Waals surface area contributed by atoms with Gasteiger partial charge in [-0.3, -0.25) is 9.48 Å². The smallest absolute Gasteiger partial charge is 0.188 e. The third-order valence-electron chi connectivity index (χ3n) is 4.01. The molecule has 0 saturated carbocycles. The molecule has 0 aliphatic carbocycles. The number of carbonyl (C=O) groups excluding carboxylic acids is 1. The van der Waals surface area contributed by atoms with Crippen LogP contribution in [0.3, 0.4) is 0 Å². The van der Waals surface area contributed by atoms with E-state index in [-0.39, 0.29) is 29.8 Å². The number of aromatic nitrogens is 2. The number of ketones is 1. The molecule has 4 nitrogen and oxygen atoms in total. The second kappa shape index (κ2) is 5.75. The molecule has 0 bridgehead atoms. The summed E-state index contributed by atoms with van der Waals surface area (Å²) in [7, 11) is 0. The molecule has 0 amide bonds. The molecule has 19 heavy (non-hydrogen) atoms. The van der Waals surface area contributed by atoms with Gasteiger partial charge in [0.05, 0.1) is 28.8 Å². The molecule has 0 radical (unpaired) electrons. The number of aryl methyl sites for hydroxylation is 1. The first-order valence-electron chi connectivity index (χ1n) is 6.88. The third-order valence-corrected chi connectivity index (χ3v) is 4.59. The standard InChI is InChI=1S/C14H21BrN2O2/c1-5-6-17-13(11(15)7-16-17)14(18)12-8(2)9(3)19-10(12)4/h7-10,12H,5-6H2,1-4H3. The maximum absolute atomic E-state index is 12.8. The largest absolute Gasteiger partial charge is 0.374 e. The molecule has 106 valence electrons. The zero-order valence-electron chi connectivity index (χ0n) is 11.9. The molecule has 0 N–H and O–H groups in total. The minimum atomic E-state index is -0.0846. The fraction of sp³-hybridized carbons (Fsp3) is 0.714. The third kappa shape index (κ3) is 2.63. The lowest BCUT2D eigenvalue weighted by molar-refractivity contribution is 0.0488. The van der Waals surface area contributed by atoms with E-state index in [9.17, 15) is 4.79 Å². The monoisotopic (exact) mass is 328 g/mol. The molecule has 4 atom stereocenters. The molecule has 4 unspecified atom stereocenters. The number of hydrogen-bond acceptors (Lipinski definition) is 3. The maximum Gasteiger partial charge on any atom is 0.188 e. The van der Waals surface area contributed by atoms with E-state index in [1.54, 1.807) is 10.9 Å². The van der Waals surface area contributed by atoms with Gasteiger partial charge in [-0.2, -0.15) is 5.10 Å². The summed E-state index contributed by atoms with van der Waals surface area (Å²) in [5, 5.41) is 4.28. The topological polar surface area (TPSA) is 44.1 Å². The highest BCUT2D eigenvalue weighted by Crippen LogP contribution is 2.35. The quantitative estimate of drug-likeness (QED) is 0.796. The summed E-state index contributed by atoms with van der Waals surface area (Å²) in [6.07, 6.45) is 2.76. The van der Waals surface area contributed by atoms with E-state index in [0.29, 0.717) is 5.69 Å². The number of halogens is 1. The van der Waals surface area contributed by atoms with Crippen LogP contribution < -0.4 is 0 Å². The highest BCUT2D eigenvalue weighted by molar-refractivity contribution is 9.10. The molecular formula is C14H21BrN2O2. The maximum atomic E-state index is 12.8. The molecule has 5 heteroatoms. The van der Waals surface area contributed by atoms with Crippen molar-refractivity contribution in [1.82, 2.24) is 9.78 Å². The SMILES string of the molecule is CCCn1ncc(Br)c1C(=O)C1C(C)OC(C)C1C. The van der Waals surface area contributed by atoms with Crippen LogP contribution in [-0.2, 0) is 11.3 Å². The first kappa shape index (κ1) is 14.7. The van der Waals surface area contributed by atoms with Crippen molar-refractivity contribution in [2.75, 3.05) is 0 Å². The van der Waals surface area contributed by atoms with Gasteiger partial charge in [0.2, 0.25) is 0 Å². The summed E-state index contributed by atoms with van der Waals surface area (Å²) in [6.45, 7) is 8.95. The Morgan fingerprint density at radius 3 is 2.63 bits per heavy atom. The number of Topliss-reactive ketones (excluding diaryl/α,β-unsaturated/α-hetero) is 1. The van der Waals surface area contributed by atoms with Gasteiger partial charge in [0.25, 0.3) is 0 Å². The zero-order chi connectivity index (χ0) is 14.2. The van der Waals surface area contributed by atoms with Crippen molar-refractivity contribution in [3.05, 3.63) is 16.4 Å². The van der Waals surface area contributed by atoms with Gasteiger partial charge in [0.1, 0.15) is 5.69 Å². The van der Waals surface area contributed by atoms with Crippen LogP contribution in [0.2, 0.25) is 0 Å². The van der Waals surface area contributed by atoms with E-state index in [2.05, 4.69) is 34.9 Å². The van der Waals surface area contributed by atoms with Crippen molar-refractivity contribution in [2.45, 2.75) is 52.9 Å². The average molecular weight is 329 g/mol. The van der Waals surface area contributed by atoms with E-state index < -0.39 is 0 Å². The van der Waals surface area contributed by atoms with E-state index in [0.717, 1.165) is 17.4 Å². The van der Waals surface area contributed by atoms with Gasteiger partial charge in [0.15, 0.2) is 5.78 Å². The normalized spacial score (nSPS) is 30.8. The lowest BCUT2D eigenvalue weighted by atomic mass is 9.85. The van der Waals surface area contributed by atoms with E-state index >= 15 is 0 Å². The highest BCUT2D eigenvalue weighted by atomic mass is 79.9. The number of hydrogen-bond donors (Lipinski definition) is 0. The van der Waals surface area contributed by atoms with Gasteiger partial charge in [-0.05, 0) is 42.1 Å². The Balaban J connectivity index is 2.31. The van der Waals surface area contributed by atoms with Crippen molar-refractivity contribution >= 4 is 21.7 Å². The number of rotatable bonds is 4. The Kier molecular flexibility index (Phi) is 4.46. The highest BCUT2D eigenvalue weighted by Gasteiger charge is 2.43. The Morgan fingerprint density at radius 2 is 2.11 bits per heavy atom. The molecule has 1 saturated heterocycles. The average Bonchev–Trinajstić information content (AvgIpc) is 2.81. The summed E-state index contributed by atoms with van der Waals surface area (Å²) in [6, 6.07) is 0. The van der Waals surface area contributed by atoms with Crippen LogP contribution in [0, 0.1) is 11.8 Å². The second-order valence-corrected chi connectivity index (χ2v) is 6.21. The molecule has 2 rings (SSSR count). The van der Waals surface area contributed by atoms with Gasteiger partial charge in [-0.25, -0.2) is 0 Å². The summed E-state index contributed by atoms with van der Waals surface area (Å²) < 4.78 is 8.36. The van der Waals surface area contributed by atoms with Crippen molar-refractivity contribution in [1.29, 1.82) is 0 Å². The Labute approximate surface area is 122 Å². The molecule has 1 fully saturated rings. The lowest BCUT2D eigenvalue weighted by Crippen LogP contribution is -2.29. The predicted octanol–water partition coefficient (Wildman–Crippen LogP) is 3.30. The molecule has 1 aromatic heterocycles. The Bertz CT molecular complexity index is 472. The summed E-state index contributed by atoms with van der Waals surface area (Å²) >= 11 is 3.44. The van der Waals surface area contributed by atoms with Crippen molar-refractivity contribution in [3.8, 4) is 0 Å². The second-order valence-electron chi connectivity index (χ2n) is 5.36. The lowest BCUT2D eigenvalue weighted by Gasteiger charge is -2.18. The minimum Gasteiger partial charge on any atom is -0.374 e. The summed E-state index contributed by atoms with van der Waals surface area (Å²) in [5.74, 6) is 0.292. The van der Waals surface area contributed by atoms with E-state index in [1.807, 2.05) is 13.8 Å². The minimum absolute atomic E-state index is 0.0330. The molecule has 0 spiro atoms. The number of nitrogens with zero attached hydrogens (tertiary/aromatic N) is 2. The number of ether oxygens (including phenoxy) is 1. The first-order chi connectivity index (χ1) is 8.97. The Morgan fingerprint density at radius 1 is 1.42 bits per heavy atom. The van der Waals surface area contributed by atoms with E-state index in [1.165, 1.54) is 0 Å². The van der Waals surface area contributed by atoms with Gasteiger partial charge in [-0.15, -0.1) is 0 Å². The molecule has 1 aliphatic rings. The van der Waals surface area contributed by atoms with Crippen molar-refractivity contribution in [2.24, 2.45) is 11.8 Å². The van der Waals surface area contributed by atoms with Gasteiger partial charge >= 0.3 is 0 Å². The molecule has 0 aromatic carbocycles. The van der Waals surface area contributed by atoms with Crippen LogP contribution in [0.1, 0.15) is 44.6 Å². The molecular weight excluding hydrogens is 308 g/mol. The summed E-state index contributed by atoms with van der Waals surface area (Å²) in [5.41, 5.74) is 0.684. The first-order valence-corrected chi connectivity index (χ1v) is 7.67. The Hall–Kier alpha value is -0.680. The van der Waals surface area contributed by atoms with Crippen LogP contribution >= 0.6 is 15.9 Å². The van der Waals surface area contributed by atoms with Crippen molar-refractivity contribution in [3.63, 3.8) is 0 Å². The predicted molar refractivity (Wildman–Crippen MR) is 77.2 cm³/mol.